The molecule has 0 aliphatic rings. The van der Waals surface area contributed by atoms with E-state index in [1.165, 1.54) is 22.7 Å². The predicted molar refractivity (Wildman–Crippen MR) is 75.6 cm³/mol. The first-order valence-electron chi connectivity index (χ1n) is 5.04. The van der Waals surface area contributed by atoms with Gasteiger partial charge >= 0.3 is 0 Å². The Morgan fingerprint density at radius 1 is 0.842 bits per heavy atom. The summed E-state index contributed by atoms with van der Waals surface area (Å²) in [5.41, 5.74) is 0. The number of rotatable bonds is 4. The molecule has 0 amide bonds. The van der Waals surface area contributed by atoms with Crippen molar-refractivity contribution in [2.24, 2.45) is 0 Å². The summed E-state index contributed by atoms with van der Waals surface area (Å²) in [5, 5.41) is 11.0. The third-order valence-corrected chi connectivity index (χ3v) is 3.46. The van der Waals surface area contributed by atoms with E-state index in [0.29, 0.717) is 22.2 Å². The van der Waals surface area contributed by atoms with Gasteiger partial charge in [-0.15, -0.1) is 22.7 Å². The van der Waals surface area contributed by atoms with Gasteiger partial charge in [0.25, 0.3) is 0 Å². The van der Waals surface area contributed by atoms with E-state index in [9.17, 15) is 0 Å². The summed E-state index contributed by atoms with van der Waals surface area (Å²) in [5.74, 6) is 0.656. The van der Waals surface area contributed by atoms with E-state index in [-0.39, 0.29) is 5.28 Å². The van der Waals surface area contributed by atoms with E-state index in [1.54, 1.807) is 12.4 Å². The number of nitrogens with zero attached hydrogens (tertiary/aromatic N) is 5. The Hall–Kier alpha value is -1.84. The molecule has 0 radical (unpaired) electrons. The standard InChI is InChI=1S/C9H6ClN7S2/c10-5-13-6(16-8-11-1-3-18-8)15-7(14-5)17-9-12-2-4-19-9/h1-4H,(H2,11,12,13,14,15,16,17). The largest absolute Gasteiger partial charge is 0.300 e. The van der Waals surface area contributed by atoms with Gasteiger partial charge in [-0.3, -0.25) is 10.6 Å². The van der Waals surface area contributed by atoms with Gasteiger partial charge in [-0.25, -0.2) is 9.97 Å². The second-order valence-electron chi connectivity index (χ2n) is 3.18. The van der Waals surface area contributed by atoms with Gasteiger partial charge in [-0.2, -0.15) is 15.0 Å². The number of nitrogens with one attached hydrogen (secondary N) is 2. The van der Waals surface area contributed by atoms with Crippen LogP contribution in [0, 0.1) is 0 Å². The summed E-state index contributed by atoms with van der Waals surface area (Å²) in [6.45, 7) is 0. The van der Waals surface area contributed by atoms with Crippen LogP contribution in [0.4, 0.5) is 22.2 Å². The summed E-state index contributed by atoms with van der Waals surface area (Å²) < 4.78 is 0. The van der Waals surface area contributed by atoms with Gasteiger partial charge in [0.15, 0.2) is 10.3 Å². The molecule has 0 aliphatic heterocycles. The highest BCUT2D eigenvalue weighted by Crippen LogP contribution is 2.20. The quantitative estimate of drug-likeness (QED) is 0.765. The molecule has 3 heterocycles. The summed E-state index contributed by atoms with van der Waals surface area (Å²) in [6.07, 6.45) is 3.37. The smallest absolute Gasteiger partial charge is 0.235 e. The van der Waals surface area contributed by atoms with Gasteiger partial charge in [0, 0.05) is 23.2 Å². The minimum absolute atomic E-state index is 0.0908. The fraction of sp³-hybridized carbons (Fsp3) is 0. The molecule has 0 fully saturated rings. The van der Waals surface area contributed by atoms with Gasteiger partial charge < -0.3 is 0 Å². The lowest BCUT2D eigenvalue weighted by atomic mass is 10.8. The van der Waals surface area contributed by atoms with Crippen molar-refractivity contribution in [2.75, 3.05) is 10.6 Å². The van der Waals surface area contributed by atoms with Crippen molar-refractivity contribution in [3.63, 3.8) is 0 Å². The van der Waals surface area contributed by atoms with Crippen LogP contribution in [0.2, 0.25) is 5.28 Å². The molecule has 19 heavy (non-hydrogen) atoms. The zero-order valence-corrected chi connectivity index (χ0v) is 11.6. The van der Waals surface area contributed by atoms with Crippen molar-refractivity contribution in [2.45, 2.75) is 0 Å². The lowest BCUT2D eigenvalue weighted by Crippen LogP contribution is -2.03. The van der Waals surface area contributed by atoms with E-state index in [2.05, 4.69) is 35.6 Å². The Morgan fingerprint density at radius 2 is 1.37 bits per heavy atom. The molecule has 3 aromatic rings. The molecule has 0 spiro atoms. The van der Waals surface area contributed by atoms with Crippen LogP contribution < -0.4 is 10.6 Å². The fourth-order valence-electron chi connectivity index (χ4n) is 1.22. The molecule has 0 aliphatic carbocycles. The van der Waals surface area contributed by atoms with Crippen LogP contribution in [0.5, 0.6) is 0 Å². The van der Waals surface area contributed by atoms with Gasteiger partial charge in [0.1, 0.15) is 0 Å². The number of aromatic nitrogens is 5. The van der Waals surface area contributed by atoms with Gasteiger partial charge in [-0.1, -0.05) is 0 Å². The summed E-state index contributed by atoms with van der Waals surface area (Å²) in [7, 11) is 0. The van der Waals surface area contributed by atoms with Crippen molar-refractivity contribution in [1.29, 1.82) is 0 Å². The molecule has 3 rings (SSSR count). The van der Waals surface area contributed by atoms with E-state index in [4.69, 9.17) is 11.6 Å². The Morgan fingerprint density at radius 3 is 1.79 bits per heavy atom. The van der Waals surface area contributed by atoms with Crippen LogP contribution in [0.25, 0.3) is 0 Å². The van der Waals surface area contributed by atoms with Crippen LogP contribution in [0.3, 0.4) is 0 Å². The summed E-state index contributed by atoms with van der Waals surface area (Å²) in [6, 6.07) is 0. The molecule has 0 unspecified atom stereocenters. The van der Waals surface area contributed by atoms with E-state index >= 15 is 0 Å². The molecule has 0 atom stereocenters. The molecule has 3 aromatic heterocycles. The second-order valence-corrected chi connectivity index (χ2v) is 5.30. The van der Waals surface area contributed by atoms with Gasteiger partial charge in [0.05, 0.1) is 0 Å². The first kappa shape index (κ1) is 12.2. The summed E-state index contributed by atoms with van der Waals surface area (Å²) >= 11 is 8.73. The van der Waals surface area contributed by atoms with Crippen molar-refractivity contribution in [1.82, 2.24) is 24.9 Å². The maximum Gasteiger partial charge on any atom is 0.235 e. The van der Waals surface area contributed by atoms with Crippen LogP contribution in [0.1, 0.15) is 0 Å². The predicted octanol–water partition coefficient (Wildman–Crippen LogP) is 2.93. The molecule has 7 nitrogen and oxygen atoms in total. The molecular weight excluding hydrogens is 306 g/mol. The highest BCUT2D eigenvalue weighted by molar-refractivity contribution is 7.13. The maximum atomic E-state index is 5.85. The number of anilines is 4. The van der Waals surface area contributed by atoms with Crippen molar-refractivity contribution < 1.29 is 0 Å². The van der Waals surface area contributed by atoms with E-state index < -0.39 is 0 Å². The van der Waals surface area contributed by atoms with E-state index in [1.807, 2.05) is 10.8 Å². The average Bonchev–Trinajstić information content (AvgIpc) is 3.01. The first-order chi connectivity index (χ1) is 9.29. The lowest BCUT2D eigenvalue weighted by Gasteiger charge is -2.04. The Bertz CT molecular complexity index is 601. The third kappa shape index (κ3) is 3.13. The molecule has 0 bridgehead atoms. The zero-order valence-electron chi connectivity index (χ0n) is 9.24. The van der Waals surface area contributed by atoms with Crippen LogP contribution in [-0.4, -0.2) is 24.9 Å². The maximum absolute atomic E-state index is 5.85. The van der Waals surface area contributed by atoms with Crippen molar-refractivity contribution in [3.8, 4) is 0 Å². The normalized spacial score (nSPS) is 10.4. The monoisotopic (exact) mass is 311 g/mol. The minimum atomic E-state index is 0.0908. The number of halogens is 1. The molecule has 0 saturated carbocycles. The van der Waals surface area contributed by atoms with Crippen molar-refractivity contribution in [3.05, 3.63) is 28.4 Å². The molecule has 10 heteroatoms. The SMILES string of the molecule is Clc1nc(Nc2nccs2)nc(Nc2nccs2)n1. The minimum Gasteiger partial charge on any atom is -0.300 e. The second kappa shape index (κ2) is 5.43. The molecule has 0 aromatic carbocycles. The topological polar surface area (TPSA) is 88.5 Å². The van der Waals surface area contributed by atoms with Crippen molar-refractivity contribution >= 4 is 56.4 Å². The highest BCUT2D eigenvalue weighted by atomic mass is 35.5. The average molecular weight is 312 g/mol. The highest BCUT2D eigenvalue weighted by Gasteiger charge is 2.07. The zero-order chi connectivity index (χ0) is 13.1. The molecule has 96 valence electrons. The van der Waals surface area contributed by atoms with Crippen LogP contribution >= 0.6 is 34.3 Å². The Kier molecular flexibility index (Phi) is 3.49. The Balaban J connectivity index is 1.83. The third-order valence-electron chi connectivity index (χ3n) is 1.91. The number of hydrogen-bond acceptors (Lipinski definition) is 9. The van der Waals surface area contributed by atoms with Gasteiger partial charge in [-0.05, 0) is 11.6 Å². The molecular formula is C9H6ClN7S2. The van der Waals surface area contributed by atoms with E-state index in [0.717, 1.165) is 0 Å². The lowest BCUT2D eigenvalue weighted by molar-refractivity contribution is 1.06. The fourth-order valence-corrected chi connectivity index (χ4v) is 2.43. The first-order valence-corrected chi connectivity index (χ1v) is 7.18. The summed E-state index contributed by atoms with van der Waals surface area (Å²) in [4.78, 5) is 20.3. The van der Waals surface area contributed by atoms with Crippen LogP contribution in [-0.2, 0) is 0 Å². The van der Waals surface area contributed by atoms with Crippen LogP contribution in [0.15, 0.2) is 23.2 Å². The Labute approximate surface area is 120 Å². The number of hydrogen-bond donors (Lipinski definition) is 2. The number of thiazole rings is 2. The van der Waals surface area contributed by atoms with Gasteiger partial charge in [0.2, 0.25) is 17.2 Å². The molecule has 2 N–H and O–H groups in total. The molecule has 0 saturated heterocycles.